The summed E-state index contributed by atoms with van der Waals surface area (Å²) in [5, 5.41) is 3.43. The molecule has 17 heavy (non-hydrogen) atoms. The molecular formula is C10H12N4S3. The van der Waals surface area contributed by atoms with Gasteiger partial charge in [-0.15, -0.1) is 23.1 Å². The average Bonchev–Trinajstić information content (AvgIpc) is 2.86. The monoisotopic (exact) mass is 284 g/mol. The van der Waals surface area contributed by atoms with Crippen LogP contribution in [0.25, 0.3) is 10.2 Å². The molecule has 1 unspecified atom stereocenters. The Hall–Kier alpha value is -0.500. The first-order valence-corrected chi connectivity index (χ1v) is 8.38. The first kappa shape index (κ1) is 11.6. The summed E-state index contributed by atoms with van der Waals surface area (Å²) in [6.07, 6.45) is 0. The molecule has 1 aliphatic heterocycles. The van der Waals surface area contributed by atoms with Crippen LogP contribution in [-0.4, -0.2) is 27.2 Å². The van der Waals surface area contributed by atoms with Crippen LogP contribution in [0.3, 0.4) is 0 Å². The molecule has 0 bridgehead atoms. The number of hydrogen-bond donors (Lipinski definition) is 2. The number of thioether (sulfide) groups is 2. The molecule has 7 heteroatoms. The van der Waals surface area contributed by atoms with Crippen molar-refractivity contribution in [1.29, 1.82) is 0 Å². The van der Waals surface area contributed by atoms with Crippen molar-refractivity contribution in [2.24, 2.45) is 5.84 Å². The van der Waals surface area contributed by atoms with E-state index in [0.717, 1.165) is 27.6 Å². The highest BCUT2D eigenvalue weighted by Gasteiger charge is 2.21. The molecule has 2 aromatic rings. The molecule has 0 radical (unpaired) electrons. The van der Waals surface area contributed by atoms with Crippen LogP contribution in [0.2, 0.25) is 0 Å². The SMILES string of the molecule is NNc1nc(C2CSCCS2)nc2sccc12. The highest BCUT2D eigenvalue weighted by molar-refractivity contribution is 8.06. The van der Waals surface area contributed by atoms with E-state index < -0.39 is 0 Å². The lowest BCUT2D eigenvalue weighted by molar-refractivity contribution is 0.944. The van der Waals surface area contributed by atoms with Gasteiger partial charge in [0.2, 0.25) is 0 Å². The number of thiophene rings is 1. The summed E-state index contributed by atoms with van der Waals surface area (Å²) in [7, 11) is 0. The van der Waals surface area contributed by atoms with Crippen molar-refractivity contribution in [2.45, 2.75) is 5.25 Å². The van der Waals surface area contributed by atoms with Crippen LogP contribution < -0.4 is 11.3 Å². The lowest BCUT2D eigenvalue weighted by Crippen LogP contribution is -2.14. The first-order valence-electron chi connectivity index (χ1n) is 5.29. The minimum atomic E-state index is 0.396. The van der Waals surface area contributed by atoms with Gasteiger partial charge in [-0.05, 0) is 11.4 Å². The molecule has 90 valence electrons. The van der Waals surface area contributed by atoms with E-state index in [4.69, 9.17) is 5.84 Å². The highest BCUT2D eigenvalue weighted by atomic mass is 32.2. The van der Waals surface area contributed by atoms with E-state index in [1.165, 1.54) is 11.5 Å². The Morgan fingerprint density at radius 1 is 1.35 bits per heavy atom. The summed E-state index contributed by atoms with van der Waals surface area (Å²) >= 11 is 5.54. The number of nitrogen functional groups attached to an aromatic ring is 1. The van der Waals surface area contributed by atoms with Crippen molar-refractivity contribution in [3.63, 3.8) is 0 Å². The Morgan fingerprint density at radius 2 is 2.29 bits per heavy atom. The van der Waals surface area contributed by atoms with Gasteiger partial charge in [-0.2, -0.15) is 11.8 Å². The highest BCUT2D eigenvalue weighted by Crippen LogP contribution is 2.37. The van der Waals surface area contributed by atoms with Crippen molar-refractivity contribution in [3.8, 4) is 0 Å². The molecule has 1 saturated heterocycles. The molecule has 0 aliphatic carbocycles. The van der Waals surface area contributed by atoms with Crippen molar-refractivity contribution < 1.29 is 0 Å². The Morgan fingerprint density at radius 3 is 3.06 bits per heavy atom. The van der Waals surface area contributed by atoms with Gasteiger partial charge in [0, 0.05) is 17.3 Å². The zero-order valence-electron chi connectivity index (χ0n) is 9.05. The van der Waals surface area contributed by atoms with Crippen LogP contribution in [0, 0.1) is 0 Å². The van der Waals surface area contributed by atoms with Gasteiger partial charge in [-0.3, -0.25) is 0 Å². The predicted molar refractivity (Wildman–Crippen MR) is 77.7 cm³/mol. The number of hydrazine groups is 1. The molecule has 3 rings (SSSR count). The zero-order valence-corrected chi connectivity index (χ0v) is 11.5. The third-order valence-corrected chi connectivity index (χ3v) is 6.14. The van der Waals surface area contributed by atoms with Crippen molar-refractivity contribution in [3.05, 3.63) is 17.3 Å². The number of rotatable bonds is 2. The number of nitrogens with one attached hydrogen (secondary N) is 1. The number of nitrogens with two attached hydrogens (primary N) is 1. The summed E-state index contributed by atoms with van der Waals surface area (Å²) in [5.74, 6) is 10.7. The van der Waals surface area contributed by atoms with Gasteiger partial charge in [0.1, 0.15) is 10.7 Å². The quantitative estimate of drug-likeness (QED) is 0.652. The Labute approximate surface area is 112 Å². The number of nitrogens with zero attached hydrogens (tertiary/aromatic N) is 2. The van der Waals surface area contributed by atoms with E-state index in [2.05, 4.69) is 15.4 Å². The normalized spacial score (nSPS) is 20.6. The Bertz CT molecular complexity index is 521. The summed E-state index contributed by atoms with van der Waals surface area (Å²) in [5.41, 5.74) is 2.68. The molecule has 3 heterocycles. The van der Waals surface area contributed by atoms with Crippen LogP contribution in [0.4, 0.5) is 5.82 Å². The van der Waals surface area contributed by atoms with Crippen LogP contribution in [-0.2, 0) is 0 Å². The predicted octanol–water partition coefficient (Wildman–Crippen LogP) is 2.50. The van der Waals surface area contributed by atoms with Gasteiger partial charge >= 0.3 is 0 Å². The van der Waals surface area contributed by atoms with E-state index in [9.17, 15) is 0 Å². The summed E-state index contributed by atoms with van der Waals surface area (Å²) < 4.78 is 0. The first-order chi connectivity index (χ1) is 8.38. The summed E-state index contributed by atoms with van der Waals surface area (Å²) in [4.78, 5) is 10.2. The van der Waals surface area contributed by atoms with Crippen LogP contribution in [0.15, 0.2) is 11.4 Å². The Balaban J connectivity index is 2.03. The van der Waals surface area contributed by atoms with E-state index in [1.54, 1.807) is 11.3 Å². The molecule has 0 amide bonds. The largest absolute Gasteiger partial charge is 0.308 e. The Kier molecular flexibility index (Phi) is 3.41. The minimum Gasteiger partial charge on any atom is -0.308 e. The molecule has 1 atom stereocenters. The second-order valence-corrected chi connectivity index (χ2v) is 7.00. The molecule has 1 fully saturated rings. The van der Waals surface area contributed by atoms with Crippen molar-refractivity contribution >= 4 is 50.9 Å². The molecule has 4 nitrogen and oxygen atoms in total. The van der Waals surface area contributed by atoms with Gasteiger partial charge in [-0.1, -0.05) is 0 Å². The van der Waals surface area contributed by atoms with Gasteiger partial charge < -0.3 is 5.43 Å². The maximum Gasteiger partial charge on any atom is 0.152 e. The average molecular weight is 284 g/mol. The van der Waals surface area contributed by atoms with Gasteiger partial charge in [-0.25, -0.2) is 15.8 Å². The van der Waals surface area contributed by atoms with Gasteiger partial charge in [0.25, 0.3) is 0 Å². The third-order valence-electron chi connectivity index (χ3n) is 2.58. The maximum atomic E-state index is 5.53. The van der Waals surface area contributed by atoms with Crippen molar-refractivity contribution in [1.82, 2.24) is 9.97 Å². The summed E-state index contributed by atoms with van der Waals surface area (Å²) in [6, 6.07) is 2.00. The van der Waals surface area contributed by atoms with Crippen LogP contribution in [0.1, 0.15) is 11.1 Å². The minimum absolute atomic E-state index is 0.396. The molecule has 0 spiro atoms. The van der Waals surface area contributed by atoms with Gasteiger partial charge in [0.15, 0.2) is 5.82 Å². The van der Waals surface area contributed by atoms with Gasteiger partial charge in [0.05, 0.1) is 10.6 Å². The fourth-order valence-electron chi connectivity index (χ4n) is 1.76. The standard InChI is InChI=1S/C10H12N4S3/c11-14-8-6-1-2-17-10(6)13-9(12-8)7-5-15-3-4-16-7/h1-2,7H,3-5,11H2,(H,12,13,14). The molecule has 2 aromatic heterocycles. The fraction of sp³-hybridized carbons (Fsp3) is 0.400. The molecule has 0 aromatic carbocycles. The van der Waals surface area contributed by atoms with Crippen LogP contribution in [0.5, 0.6) is 0 Å². The lowest BCUT2D eigenvalue weighted by Gasteiger charge is -2.20. The molecule has 3 N–H and O–H groups in total. The molecule has 0 saturated carbocycles. The maximum absolute atomic E-state index is 5.53. The second kappa shape index (κ2) is 5.01. The van der Waals surface area contributed by atoms with Crippen molar-refractivity contribution in [2.75, 3.05) is 22.7 Å². The van der Waals surface area contributed by atoms with E-state index in [0.29, 0.717) is 5.25 Å². The van der Waals surface area contributed by atoms with Crippen LogP contribution >= 0.6 is 34.9 Å². The summed E-state index contributed by atoms with van der Waals surface area (Å²) in [6.45, 7) is 0. The van der Waals surface area contributed by atoms with E-state index in [1.807, 2.05) is 35.0 Å². The number of aromatic nitrogens is 2. The lowest BCUT2D eigenvalue weighted by atomic mass is 10.3. The second-order valence-electron chi connectivity index (χ2n) is 3.65. The molecule has 1 aliphatic rings. The van der Waals surface area contributed by atoms with E-state index in [-0.39, 0.29) is 0 Å². The number of hydrogen-bond acceptors (Lipinski definition) is 7. The van der Waals surface area contributed by atoms with E-state index >= 15 is 0 Å². The number of anilines is 1. The third kappa shape index (κ3) is 2.24. The zero-order chi connectivity index (χ0) is 11.7. The fourth-order valence-corrected chi connectivity index (χ4v) is 5.13. The number of fused-ring (bicyclic) bond motifs is 1. The smallest absolute Gasteiger partial charge is 0.152 e. The topological polar surface area (TPSA) is 63.8 Å². The molecular weight excluding hydrogens is 272 g/mol.